The van der Waals surface area contributed by atoms with Crippen LogP contribution >= 0.6 is 11.3 Å². The molecule has 0 unspecified atom stereocenters. The Balaban J connectivity index is 1.56. The molecule has 0 spiro atoms. The van der Waals surface area contributed by atoms with Gasteiger partial charge in [0.05, 0.1) is 15.2 Å². The fourth-order valence-electron chi connectivity index (χ4n) is 3.31. The predicted octanol–water partition coefficient (Wildman–Crippen LogP) is 5.77. The van der Waals surface area contributed by atoms with Crippen molar-refractivity contribution in [1.29, 1.82) is 0 Å². The summed E-state index contributed by atoms with van der Waals surface area (Å²) in [7, 11) is 0. The molecule has 1 N–H and O–H groups in total. The maximum absolute atomic E-state index is 12.8. The fraction of sp³-hybridized carbons (Fsp3) is 0.130. The lowest BCUT2D eigenvalue weighted by atomic mass is 9.88. The molecule has 0 atom stereocenters. The molecule has 27 heavy (non-hydrogen) atoms. The predicted molar refractivity (Wildman–Crippen MR) is 112 cm³/mol. The summed E-state index contributed by atoms with van der Waals surface area (Å²) in [6.07, 6.45) is 0.397. The maximum atomic E-state index is 12.8. The van der Waals surface area contributed by atoms with Gasteiger partial charge in [-0.25, -0.2) is 4.98 Å². The molecule has 134 valence electrons. The average molecular weight is 372 g/mol. The summed E-state index contributed by atoms with van der Waals surface area (Å²) in [5, 5.41) is 4.08. The number of nitrogens with one attached hydrogen (secondary N) is 1. The molecular weight excluding hydrogens is 352 g/mol. The minimum Gasteiger partial charge on any atom is -0.326 e. The number of thiazole rings is 1. The lowest BCUT2D eigenvalue weighted by Crippen LogP contribution is -2.16. The minimum absolute atomic E-state index is 0.00768. The van der Waals surface area contributed by atoms with Crippen molar-refractivity contribution in [3.63, 3.8) is 0 Å². The summed E-state index contributed by atoms with van der Waals surface area (Å²) >= 11 is 1.64. The molecule has 1 aromatic heterocycles. The normalized spacial score (nSPS) is 11.0. The molecule has 0 aliphatic carbocycles. The molecule has 3 nitrogen and oxygen atoms in total. The molecule has 0 aliphatic rings. The first kappa shape index (κ1) is 17.4. The van der Waals surface area contributed by atoms with E-state index in [-0.39, 0.29) is 11.8 Å². The van der Waals surface area contributed by atoms with Gasteiger partial charge in [-0.3, -0.25) is 4.79 Å². The Kier molecular flexibility index (Phi) is 4.99. The van der Waals surface area contributed by atoms with Crippen molar-refractivity contribution in [1.82, 2.24) is 4.98 Å². The summed E-state index contributed by atoms with van der Waals surface area (Å²) in [5.41, 5.74) is 4.08. The lowest BCUT2D eigenvalue weighted by molar-refractivity contribution is -0.116. The molecule has 3 aromatic carbocycles. The van der Waals surface area contributed by atoms with E-state index in [1.165, 1.54) is 0 Å². The Morgan fingerprint density at radius 2 is 1.59 bits per heavy atom. The number of hydrogen-bond acceptors (Lipinski definition) is 3. The number of carbonyl (C=O) groups is 1. The van der Waals surface area contributed by atoms with E-state index in [0.29, 0.717) is 6.42 Å². The third-order valence-electron chi connectivity index (χ3n) is 4.57. The van der Waals surface area contributed by atoms with Crippen molar-refractivity contribution < 1.29 is 4.79 Å². The summed E-state index contributed by atoms with van der Waals surface area (Å²) < 4.78 is 1.09. The molecule has 1 heterocycles. The van der Waals surface area contributed by atoms with Crippen LogP contribution in [0.3, 0.4) is 0 Å². The van der Waals surface area contributed by atoms with Crippen LogP contribution in [-0.2, 0) is 4.79 Å². The van der Waals surface area contributed by atoms with Crippen LogP contribution in [-0.4, -0.2) is 10.9 Å². The van der Waals surface area contributed by atoms with E-state index in [1.54, 1.807) is 11.3 Å². The van der Waals surface area contributed by atoms with Gasteiger partial charge in [-0.15, -0.1) is 11.3 Å². The van der Waals surface area contributed by atoms with Gasteiger partial charge in [0.1, 0.15) is 0 Å². The van der Waals surface area contributed by atoms with Gasteiger partial charge in [-0.05, 0) is 36.2 Å². The molecule has 0 fully saturated rings. The Bertz CT molecular complexity index is 1020. The zero-order chi connectivity index (χ0) is 18.6. The molecule has 4 heteroatoms. The first-order valence-electron chi connectivity index (χ1n) is 8.96. The largest absolute Gasteiger partial charge is 0.326 e. The number of anilines is 1. The summed E-state index contributed by atoms with van der Waals surface area (Å²) in [6, 6.07) is 26.3. The monoisotopic (exact) mass is 372 g/mol. The van der Waals surface area contributed by atoms with Gasteiger partial charge < -0.3 is 5.32 Å². The standard InChI is InChI=1S/C23H20N2OS/c1-16-24-21-13-12-19(14-22(21)27-16)25-23(26)15-20(17-8-4-2-5-9-17)18-10-6-3-7-11-18/h2-14,20H,15H2,1H3,(H,25,26). The third kappa shape index (κ3) is 4.07. The zero-order valence-electron chi connectivity index (χ0n) is 15.1. The number of aromatic nitrogens is 1. The van der Waals surface area contributed by atoms with Crippen LogP contribution in [0, 0.1) is 6.92 Å². The Hall–Kier alpha value is -2.98. The van der Waals surface area contributed by atoms with E-state index in [0.717, 1.165) is 32.0 Å². The van der Waals surface area contributed by atoms with Crippen LogP contribution in [0.1, 0.15) is 28.5 Å². The SMILES string of the molecule is Cc1nc2ccc(NC(=O)CC(c3ccccc3)c3ccccc3)cc2s1. The van der Waals surface area contributed by atoms with Gasteiger partial charge >= 0.3 is 0 Å². The van der Waals surface area contributed by atoms with Crippen LogP contribution in [0.15, 0.2) is 78.9 Å². The number of amides is 1. The first-order chi connectivity index (χ1) is 13.2. The van der Waals surface area contributed by atoms with E-state index in [2.05, 4.69) is 34.6 Å². The molecule has 0 bridgehead atoms. The van der Waals surface area contributed by atoms with E-state index >= 15 is 0 Å². The molecule has 4 rings (SSSR count). The Labute approximate surface area is 162 Å². The molecule has 0 aliphatic heterocycles. The van der Waals surface area contributed by atoms with Gasteiger partial charge in [0, 0.05) is 18.0 Å². The fourth-order valence-corrected chi connectivity index (χ4v) is 4.18. The van der Waals surface area contributed by atoms with Crippen LogP contribution in [0.4, 0.5) is 5.69 Å². The van der Waals surface area contributed by atoms with Gasteiger partial charge in [0.25, 0.3) is 0 Å². The van der Waals surface area contributed by atoms with E-state index in [4.69, 9.17) is 0 Å². The highest BCUT2D eigenvalue weighted by Crippen LogP contribution is 2.29. The Morgan fingerprint density at radius 1 is 0.963 bits per heavy atom. The highest BCUT2D eigenvalue weighted by atomic mass is 32.1. The van der Waals surface area contributed by atoms with Crippen molar-refractivity contribution >= 4 is 33.1 Å². The summed E-state index contributed by atoms with van der Waals surface area (Å²) in [4.78, 5) is 17.3. The molecule has 4 aromatic rings. The smallest absolute Gasteiger partial charge is 0.225 e. The van der Waals surface area contributed by atoms with Gasteiger partial charge in [-0.1, -0.05) is 60.7 Å². The van der Waals surface area contributed by atoms with Gasteiger partial charge in [-0.2, -0.15) is 0 Å². The van der Waals surface area contributed by atoms with Crippen LogP contribution < -0.4 is 5.32 Å². The van der Waals surface area contributed by atoms with E-state index in [9.17, 15) is 4.79 Å². The molecule has 0 saturated carbocycles. The number of hydrogen-bond donors (Lipinski definition) is 1. The molecule has 0 saturated heterocycles. The lowest BCUT2D eigenvalue weighted by Gasteiger charge is -2.18. The van der Waals surface area contributed by atoms with Crippen LogP contribution in [0.5, 0.6) is 0 Å². The molecular formula is C23H20N2OS. The van der Waals surface area contributed by atoms with Crippen molar-refractivity contribution in [2.75, 3.05) is 5.32 Å². The van der Waals surface area contributed by atoms with Gasteiger partial charge in [0.2, 0.25) is 5.91 Å². The summed E-state index contributed by atoms with van der Waals surface area (Å²) in [5.74, 6) is 0.0371. The minimum atomic E-state index is 0.00768. The maximum Gasteiger partial charge on any atom is 0.225 e. The second-order valence-corrected chi connectivity index (χ2v) is 7.78. The van der Waals surface area contributed by atoms with E-state index in [1.807, 2.05) is 61.5 Å². The topological polar surface area (TPSA) is 42.0 Å². The number of rotatable bonds is 5. The first-order valence-corrected chi connectivity index (χ1v) is 9.77. The average Bonchev–Trinajstić information content (AvgIpc) is 3.07. The number of fused-ring (bicyclic) bond motifs is 1. The number of nitrogens with zero attached hydrogens (tertiary/aromatic N) is 1. The van der Waals surface area contributed by atoms with Gasteiger partial charge in [0.15, 0.2) is 0 Å². The highest BCUT2D eigenvalue weighted by Gasteiger charge is 2.18. The summed E-state index contributed by atoms with van der Waals surface area (Å²) in [6.45, 7) is 1.99. The number of benzene rings is 3. The molecule has 1 amide bonds. The van der Waals surface area contributed by atoms with Crippen LogP contribution in [0.2, 0.25) is 0 Å². The highest BCUT2D eigenvalue weighted by molar-refractivity contribution is 7.18. The molecule has 0 radical (unpaired) electrons. The second-order valence-electron chi connectivity index (χ2n) is 6.54. The Morgan fingerprint density at radius 3 is 2.22 bits per heavy atom. The number of carbonyl (C=O) groups excluding carboxylic acids is 1. The van der Waals surface area contributed by atoms with Crippen molar-refractivity contribution in [3.8, 4) is 0 Å². The van der Waals surface area contributed by atoms with Crippen molar-refractivity contribution in [3.05, 3.63) is 95.0 Å². The third-order valence-corrected chi connectivity index (χ3v) is 5.51. The second kappa shape index (κ2) is 7.72. The van der Waals surface area contributed by atoms with Crippen molar-refractivity contribution in [2.24, 2.45) is 0 Å². The van der Waals surface area contributed by atoms with E-state index < -0.39 is 0 Å². The van der Waals surface area contributed by atoms with Crippen molar-refractivity contribution in [2.45, 2.75) is 19.3 Å². The quantitative estimate of drug-likeness (QED) is 0.483. The zero-order valence-corrected chi connectivity index (χ0v) is 15.9. The van der Waals surface area contributed by atoms with Crippen LogP contribution in [0.25, 0.3) is 10.2 Å². The number of aryl methyl sites for hydroxylation is 1.